The zero-order chi connectivity index (χ0) is 22.8. The van der Waals surface area contributed by atoms with Crippen LogP contribution in [0.4, 0.5) is 23.2 Å². The minimum atomic E-state index is -4.55. The number of halogens is 4. The SMILES string of the molecule is O=C(NCc1ccc(N2CCOCC2)cc1C(F)(F)F)C1(c2cccc(F)c2)CCCC1. The minimum Gasteiger partial charge on any atom is -0.378 e. The fourth-order valence-electron chi connectivity index (χ4n) is 4.76. The first-order chi connectivity index (χ1) is 15.3. The van der Waals surface area contributed by atoms with E-state index in [0.717, 1.165) is 18.9 Å². The molecule has 1 amide bonds. The van der Waals surface area contributed by atoms with E-state index in [1.807, 2.05) is 4.90 Å². The topological polar surface area (TPSA) is 41.6 Å². The number of ether oxygens (including phenoxy) is 1. The minimum absolute atomic E-state index is 0.00949. The molecule has 8 heteroatoms. The summed E-state index contributed by atoms with van der Waals surface area (Å²) in [6.45, 7) is 1.77. The molecule has 2 aliphatic rings. The van der Waals surface area contributed by atoms with Gasteiger partial charge in [-0.3, -0.25) is 4.79 Å². The largest absolute Gasteiger partial charge is 0.416 e. The summed E-state index contributed by atoms with van der Waals surface area (Å²) in [5.74, 6) is -0.786. The Labute approximate surface area is 184 Å². The van der Waals surface area contributed by atoms with Crippen molar-refractivity contribution in [3.63, 3.8) is 0 Å². The molecule has 2 aromatic carbocycles. The molecule has 1 saturated carbocycles. The molecular formula is C24H26F4N2O2. The van der Waals surface area contributed by atoms with Crippen molar-refractivity contribution in [1.82, 2.24) is 5.32 Å². The summed E-state index contributed by atoms with van der Waals surface area (Å²) in [5.41, 5.74) is -0.592. The van der Waals surface area contributed by atoms with Gasteiger partial charge >= 0.3 is 6.18 Å². The van der Waals surface area contributed by atoms with Gasteiger partial charge in [0.2, 0.25) is 5.91 Å². The summed E-state index contributed by atoms with van der Waals surface area (Å²) < 4.78 is 60.5. The highest BCUT2D eigenvalue weighted by atomic mass is 19.4. The van der Waals surface area contributed by atoms with E-state index in [2.05, 4.69) is 5.32 Å². The highest BCUT2D eigenvalue weighted by Crippen LogP contribution is 2.42. The Balaban J connectivity index is 1.56. The molecule has 1 N–H and O–H groups in total. The Morgan fingerprint density at radius 2 is 1.78 bits per heavy atom. The van der Waals surface area contributed by atoms with Gasteiger partial charge in [0.05, 0.1) is 24.2 Å². The van der Waals surface area contributed by atoms with E-state index in [0.29, 0.717) is 50.4 Å². The summed E-state index contributed by atoms with van der Waals surface area (Å²) in [6.07, 6.45) is -1.83. The Hall–Kier alpha value is -2.61. The van der Waals surface area contributed by atoms with Crippen molar-refractivity contribution < 1.29 is 27.1 Å². The van der Waals surface area contributed by atoms with Gasteiger partial charge in [0, 0.05) is 25.3 Å². The van der Waals surface area contributed by atoms with E-state index >= 15 is 0 Å². The number of morpholine rings is 1. The zero-order valence-corrected chi connectivity index (χ0v) is 17.7. The number of carbonyl (C=O) groups is 1. The number of benzene rings is 2. The smallest absolute Gasteiger partial charge is 0.378 e. The number of hydrogen-bond acceptors (Lipinski definition) is 3. The molecule has 32 heavy (non-hydrogen) atoms. The lowest BCUT2D eigenvalue weighted by atomic mass is 9.78. The van der Waals surface area contributed by atoms with Crippen LogP contribution >= 0.6 is 0 Å². The second kappa shape index (κ2) is 9.10. The zero-order valence-electron chi connectivity index (χ0n) is 17.7. The fourth-order valence-corrected chi connectivity index (χ4v) is 4.76. The first kappa shape index (κ1) is 22.6. The van der Waals surface area contributed by atoms with Gasteiger partial charge in [-0.1, -0.05) is 31.0 Å². The monoisotopic (exact) mass is 450 g/mol. The Morgan fingerprint density at radius 3 is 2.44 bits per heavy atom. The lowest BCUT2D eigenvalue weighted by molar-refractivity contribution is -0.138. The van der Waals surface area contributed by atoms with Crippen LogP contribution in [-0.4, -0.2) is 32.2 Å². The van der Waals surface area contributed by atoms with Crippen LogP contribution in [0.5, 0.6) is 0 Å². The van der Waals surface area contributed by atoms with Gasteiger partial charge in [0.1, 0.15) is 5.82 Å². The van der Waals surface area contributed by atoms with Crippen LogP contribution < -0.4 is 10.2 Å². The molecule has 0 aromatic heterocycles. The lowest BCUT2D eigenvalue weighted by Gasteiger charge is -2.30. The number of anilines is 1. The van der Waals surface area contributed by atoms with E-state index in [4.69, 9.17) is 4.74 Å². The van der Waals surface area contributed by atoms with E-state index in [9.17, 15) is 22.4 Å². The average Bonchev–Trinajstić information content (AvgIpc) is 3.29. The number of nitrogens with zero attached hydrogens (tertiary/aromatic N) is 1. The predicted octanol–water partition coefficient (Wildman–Crippen LogP) is 4.81. The molecule has 4 rings (SSSR count). The van der Waals surface area contributed by atoms with Gasteiger partial charge in [0.25, 0.3) is 0 Å². The standard InChI is InChI=1S/C24H26F4N2O2/c25-19-5-3-4-18(14-19)23(8-1-2-9-23)22(31)29-16-17-6-7-20(15-21(17)24(26,27)28)30-10-12-32-13-11-30/h3-7,14-15H,1-2,8-13,16H2,(H,29,31). The summed E-state index contributed by atoms with van der Waals surface area (Å²) in [4.78, 5) is 15.1. The molecule has 0 radical (unpaired) electrons. The van der Waals surface area contributed by atoms with Crippen molar-refractivity contribution in [3.05, 3.63) is 65.0 Å². The molecule has 1 heterocycles. The second-order valence-corrected chi connectivity index (χ2v) is 8.42. The summed E-state index contributed by atoms with van der Waals surface area (Å²) in [5, 5.41) is 2.72. The van der Waals surface area contributed by atoms with Gasteiger partial charge in [-0.2, -0.15) is 13.2 Å². The predicted molar refractivity (Wildman–Crippen MR) is 113 cm³/mol. The number of carbonyl (C=O) groups excluding carboxylic acids is 1. The normalized spacial score (nSPS) is 18.6. The van der Waals surface area contributed by atoms with E-state index in [-0.39, 0.29) is 18.0 Å². The van der Waals surface area contributed by atoms with Crippen molar-refractivity contribution in [2.24, 2.45) is 0 Å². The Bertz CT molecular complexity index is 965. The Kier molecular flexibility index (Phi) is 6.42. The quantitative estimate of drug-likeness (QED) is 0.665. The molecule has 1 saturated heterocycles. The second-order valence-electron chi connectivity index (χ2n) is 8.42. The maximum atomic E-state index is 13.8. The van der Waals surface area contributed by atoms with Gasteiger partial charge in [-0.15, -0.1) is 0 Å². The summed E-state index contributed by atoms with van der Waals surface area (Å²) >= 11 is 0. The molecule has 4 nitrogen and oxygen atoms in total. The van der Waals surface area contributed by atoms with Crippen LogP contribution in [0.25, 0.3) is 0 Å². The van der Waals surface area contributed by atoms with Gasteiger partial charge in [-0.05, 0) is 48.2 Å². The van der Waals surface area contributed by atoms with Crippen molar-refractivity contribution in [2.75, 3.05) is 31.2 Å². The van der Waals surface area contributed by atoms with Crippen molar-refractivity contribution in [1.29, 1.82) is 0 Å². The molecule has 1 aliphatic carbocycles. The highest BCUT2D eigenvalue weighted by molar-refractivity contribution is 5.88. The third-order valence-corrected chi connectivity index (χ3v) is 6.48. The molecule has 0 spiro atoms. The molecular weight excluding hydrogens is 424 g/mol. The van der Waals surface area contributed by atoms with Crippen molar-refractivity contribution in [3.8, 4) is 0 Å². The van der Waals surface area contributed by atoms with E-state index in [1.165, 1.54) is 18.2 Å². The van der Waals surface area contributed by atoms with Crippen LogP contribution in [0.3, 0.4) is 0 Å². The first-order valence-corrected chi connectivity index (χ1v) is 10.9. The third kappa shape index (κ3) is 4.60. The first-order valence-electron chi connectivity index (χ1n) is 10.9. The maximum Gasteiger partial charge on any atom is 0.416 e. The molecule has 0 atom stereocenters. The van der Waals surface area contributed by atoms with E-state index in [1.54, 1.807) is 18.2 Å². The third-order valence-electron chi connectivity index (χ3n) is 6.48. The fraction of sp³-hybridized carbons (Fsp3) is 0.458. The molecule has 2 fully saturated rings. The number of rotatable bonds is 5. The molecule has 0 bridgehead atoms. The summed E-state index contributed by atoms with van der Waals surface area (Å²) in [7, 11) is 0. The highest BCUT2D eigenvalue weighted by Gasteiger charge is 2.43. The molecule has 1 aliphatic heterocycles. The van der Waals surface area contributed by atoms with Crippen LogP contribution in [0, 0.1) is 5.82 Å². The summed E-state index contributed by atoms with van der Waals surface area (Å²) in [6, 6.07) is 10.2. The number of nitrogens with one attached hydrogen (secondary N) is 1. The van der Waals surface area contributed by atoms with Crippen molar-refractivity contribution in [2.45, 2.75) is 43.8 Å². The molecule has 0 unspecified atom stereocenters. The Morgan fingerprint density at radius 1 is 1.06 bits per heavy atom. The maximum absolute atomic E-state index is 13.8. The lowest BCUT2D eigenvalue weighted by Crippen LogP contribution is -2.42. The van der Waals surface area contributed by atoms with Gasteiger partial charge in [0.15, 0.2) is 0 Å². The number of hydrogen-bond donors (Lipinski definition) is 1. The van der Waals surface area contributed by atoms with Crippen LogP contribution in [-0.2, 0) is 27.7 Å². The van der Waals surface area contributed by atoms with Crippen LogP contribution in [0.2, 0.25) is 0 Å². The van der Waals surface area contributed by atoms with E-state index < -0.39 is 23.0 Å². The molecule has 2 aromatic rings. The molecule has 172 valence electrons. The average molecular weight is 450 g/mol. The number of amides is 1. The van der Waals surface area contributed by atoms with Crippen LogP contribution in [0.1, 0.15) is 42.4 Å². The van der Waals surface area contributed by atoms with Gasteiger partial charge < -0.3 is 15.0 Å². The number of alkyl halides is 3. The van der Waals surface area contributed by atoms with Gasteiger partial charge in [-0.25, -0.2) is 4.39 Å². The van der Waals surface area contributed by atoms with Crippen LogP contribution in [0.15, 0.2) is 42.5 Å². The van der Waals surface area contributed by atoms with Crippen molar-refractivity contribution >= 4 is 11.6 Å².